The molecule has 0 aliphatic carbocycles. The smallest absolute Gasteiger partial charge is 0.224 e. The lowest BCUT2D eigenvalue weighted by Gasteiger charge is -2.18. The zero-order valence-electron chi connectivity index (χ0n) is 13.2. The summed E-state index contributed by atoms with van der Waals surface area (Å²) in [7, 11) is 0. The summed E-state index contributed by atoms with van der Waals surface area (Å²) < 4.78 is 0. The molecule has 2 aromatic rings. The molecule has 4 heteroatoms. The molecule has 22 heavy (non-hydrogen) atoms. The van der Waals surface area contributed by atoms with E-state index in [-0.39, 0.29) is 11.3 Å². The molecule has 0 radical (unpaired) electrons. The van der Waals surface area contributed by atoms with Crippen LogP contribution in [0.25, 0.3) is 0 Å². The van der Waals surface area contributed by atoms with E-state index in [0.29, 0.717) is 17.9 Å². The lowest BCUT2D eigenvalue weighted by atomic mass is 9.91. The number of halogens is 1. The van der Waals surface area contributed by atoms with Gasteiger partial charge in [0, 0.05) is 34.4 Å². The van der Waals surface area contributed by atoms with Crippen molar-refractivity contribution in [1.29, 1.82) is 0 Å². The van der Waals surface area contributed by atoms with Crippen molar-refractivity contribution < 1.29 is 4.79 Å². The molecule has 0 unspecified atom stereocenters. The summed E-state index contributed by atoms with van der Waals surface area (Å²) in [6.45, 7) is 6.30. The van der Waals surface area contributed by atoms with Gasteiger partial charge in [0.15, 0.2) is 0 Å². The van der Waals surface area contributed by atoms with Gasteiger partial charge in [-0.2, -0.15) is 0 Å². The van der Waals surface area contributed by atoms with Gasteiger partial charge in [0.2, 0.25) is 5.91 Å². The average Bonchev–Trinajstić information content (AvgIpc) is 2.46. The summed E-state index contributed by atoms with van der Waals surface area (Å²) in [6, 6.07) is 11.3. The van der Waals surface area contributed by atoms with E-state index in [1.54, 1.807) is 6.20 Å². The summed E-state index contributed by atoms with van der Waals surface area (Å²) >= 11 is 5.85. The Hall–Kier alpha value is -1.87. The first-order chi connectivity index (χ1) is 10.3. The lowest BCUT2D eigenvalue weighted by molar-refractivity contribution is -0.116. The largest absolute Gasteiger partial charge is 0.326 e. The Morgan fingerprint density at radius 3 is 2.50 bits per heavy atom. The van der Waals surface area contributed by atoms with Gasteiger partial charge in [-0.1, -0.05) is 44.5 Å². The maximum Gasteiger partial charge on any atom is 0.224 e. The van der Waals surface area contributed by atoms with Crippen molar-refractivity contribution in [1.82, 2.24) is 4.98 Å². The molecule has 116 valence electrons. The Balaban J connectivity index is 1.93. The SMILES string of the molecule is CC(C)(C)c1cc(NC(=O)CCc2ccc(Cl)cc2)ccn1. The number of hydrogen-bond donors (Lipinski definition) is 1. The average molecular weight is 317 g/mol. The molecule has 0 fully saturated rings. The van der Waals surface area contributed by atoms with Gasteiger partial charge in [0.25, 0.3) is 0 Å². The number of carbonyl (C=O) groups is 1. The van der Waals surface area contributed by atoms with Gasteiger partial charge in [-0.05, 0) is 36.2 Å². The minimum absolute atomic E-state index is 0.000934. The van der Waals surface area contributed by atoms with Crippen LogP contribution in [0.4, 0.5) is 5.69 Å². The number of anilines is 1. The van der Waals surface area contributed by atoms with E-state index in [2.05, 4.69) is 31.1 Å². The Morgan fingerprint density at radius 1 is 1.18 bits per heavy atom. The number of carbonyl (C=O) groups excluding carboxylic acids is 1. The first kappa shape index (κ1) is 16.5. The summed E-state index contributed by atoms with van der Waals surface area (Å²) in [5.74, 6) is 0.000934. The molecule has 0 aliphatic heterocycles. The highest BCUT2D eigenvalue weighted by molar-refractivity contribution is 6.30. The topological polar surface area (TPSA) is 42.0 Å². The summed E-state index contributed by atoms with van der Waals surface area (Å²) in [5, 5.41) is 3.64. The molecule has 1 amide bonds. The number of nitrogens with one attached hydrogen (secondary N) is 1. The Morgan fingerprint density at radius 2 is 1.86 bits per heavy atom. The quantitative estimate of drug-likeness (QED) is 0.895. The fourth-order valence-electron chi connectivity index (χ4n) is 2.05. The second kappa shape index (κ2) is 6.93. The molecule has 0 spiro atoms. The van der Waals surface area contributed by atoms with Crippen molar-refractivity contribution in [3.8, 4) is 0 Å². The second-order valence-corrected chi connectivity index (χ2v) is 6.79. The van der Waals surface area contributed by atoms with Crippen LogP contribution in [-0.2, 0) is 16.6 Å². The first-order valence-electron chi connectivity index (χ1n) is 7.35. The molecule has 1 aromatic carbocycles. The van der Waals surface area contributed by atoms with Crippen LogP contribution in [0, 0.1) is 0 Å². The fraction of sp³-hybridized carbons (Fsp3) is 0.333. The van der Waals surface area contributed by atoms with E-state index in [9.17, 15) is 4.79 Å². The van der Waals surface area contributed by atoms with Gasteiger partial charge in [0.05, 0.1) is 0 Å². The standard InChI is InChI=1S/C18H21ClN2O/c1-18(2,3)16-12-15(10-11-20-16)21-17(22)9-6-13-4-7-14(19)8-5-13/h4-5,7-8,10-12H,6,9H2,1-3H3,(H,20,21,22). The predicted molar refractivity (Wildman–Crippen MR) is 91.3 cm³/mol. The maximum absolute atomic E-state index is 12.1. The highest BCUT2D eigenvalue weighted by Crippen LogP contribution is 2.22. The van der Waals surface area contributed by atoms with Crippen molar-refractivity contribution in [3.05, 3.63) is 58.9 Å². The molecular formula is C18H21ClN2O. The van der Waals surface area contributed by atoms with E-state index < -0.39 is 0 Å². The highest BCUT2D eigenvalue weighted by Gasteiger charge is 2.15. The Labute approximate surface area is 136 Å². The summed E-state index contributed by atoms with van der Waals surface area (Å²) in [6.07, 6.45) is 2.87. The monoisotopic (exact) mass is 316 g/mol. The van der Waals surface area contributed by atoms with Crippen LogP contribution < -0.4 is 5.32 Å². The molecule has 2 rings (SSSR count). The number of amides is 1. The van der Waals surface area contributed by atoms with Crippen molar-refractivity contribution in [2.24, 2.45) is 0 Å². The number of aromatic nitrogens is 1. The molecular weight excluding hydrogens is 296 g/mol. The van der Waals surface area contributed by atoms with Gasteiger partial charge < -0.3 is 5.32 Å². The van der Waals surface area contributed by atoms with Crippen LogP contribution in [0.15, 0.2) is 42.6 Å². The third kappa shape index (κ3) is 4.85. The van der Waals surface area contributed by atoms with E-state index in [1.807, 2.05) is 36.4 Å². The molecule has 3 nitrogen and oxygen atoms in total. The third-order valence-electron chi connectivity index (χ3n) is 3.37. The molecule has 1 heterocycles. The van der Waals surface area contributed by atoms with Crippen molar-refractivity contribution >= 4 is 23.2 Å². The Bertz CT molecular complexity index is 645. The number of rotatable bonds is 4. The number of pyridine rings is 1. The van der Waals surface area contributed by atoms with Gasteiger partial charge in [-0.3, -0.25) is 9.78 Å². The van der Waals surface area contributed by atoms with Crippen LogP contribution in [0.1, 0.15) is 38.4 Å². The number of benzene rings is 1. The lowest BCUT2D eigenvalue weighted by Crippen LogP contribution is -2.16. The van der Waals surface area contributed by atoms with Gasteiger partial charge >= 0.3 is 0 Å². The summed E-state index contributed by atoms with van der Waals surface area (Å²) in [4.78, 5) is 16.4. The van der Waals surface area contributed by atoms with E-state index in [4.69, 9.17) is 11.6 Å². The minimum Gasteiger partial charge on any atom is -0.326 e. The van der Waals surface area contributed by atoms with Gasteiger partial charge in [-0.15, -0.1) is 0 Å². The normalized spacial score (nSPS) is 11.3. The van der Waals surface area contributed by atoms with Crippen LogP contribution in [0.2, 0.25) is 5.02 Å². The molecule has 1 N–H and O–H groups in total. The van der Waals surface area contributed by atoms with Gasteiger partial charge in [-0.25, -0.2) is 0 Å². The zero-order chi connectivity index (χ0) is 16.2. The van der Waals surface area contributed by atoms with Crippen LogP contribution in [-0.4, -0.2) is 10.9 Å². The summed E-state index contributed by atoms with van der Waals surface area (Å²) in [5.41, 5.74) is 2.82. The highest BCUT2D eigenvalue weighted by atomic mass is 35.5. The van der Waals surface area contributed by atoms with Crippen LogP contribution in [0.5, 0.6) is 0 Å². The number of hydrogen-bond acceptors (Lipinski definition) is 2. The molecule has 0 aliphatic rings. The van der Waals surface area contributed by atoms with Crippen molar-refractivity contribution in [2.75, 3.05) is 5.32 Å². The van der Waals surface area contributed by atoms with E-state index >= 15 is 0 Å². The van der Waals surface area contributed by atoms with Crippen LogP contribution >= 0.6 is 11.6 Å². The van der Waals surface area contributed by atoms with E-state index in [0.717, 1.165) is 16.9 Å². The third-order valence-corrected chi connectivity index (χ3v) is 3.62. The van der Waals surface area contributed by atoms with Crippen molar-refractivity contribution in [2.45, 2.75) is 39.0 Å². The number of aryl methyl sites for hydroxylation is 1. The van der Waals surface area contributed by atoms with Crippen LogP contribution in [0.3, 0.4) is 0 Å². The van der Waals surface area contributed by atoms with Crippen molar-refractivity contribution in [3.63, 3.8) is 0 Å². The minimum atomic E-state index is -0.0377. The number of nitrogens with zero attached hydrogens (tertiary/aromatic N) is 1. The molecule has 0 saturated carbocycles. The molecule has 0 saturated heterocycles. The van der Waals surface area contributed by atoms with E-state index in [1.165, 1.54) is 0 Å². The zero-order valence-corrected chi connectivity index (χ0v) is 13.9. The molecule has 0 atom stereocenters. The maximum atomic E-state index is 12.1. The Kier molecular flexibility index (Phi) is 5.19. The molecule has 0 bridgehead atoms. The first-order valence-corrected chi connectivity index (χ1v) is 7.73. The fourth-order valence-corrected chi connectivity index (χ4v) is 2.18. The second-order valence-electron chi connectivity index (χ2n) is 6.35. The van der Waals surface area contributed by atoms with Gasteiger partial charge in [0.1, 0.15) is 0 Å². The predicted octanol–water partition coefficient (Wildman–Crippen LogP) is 4.60. The molecule has 1 aromatic heterocycles.